The van der Waals surface area contributed by atoms with E-state index in [1.54, 1.807) is 6.92 Å². The zero-order chi connectivity index (χ0) is 19.2. The Morgan fingerprint density at radius 2 is 2.00 bits per heavy atom. The smallest absolute Gasteiger partial charge is 0.344 e. The van der Waals surface area contributed by atoms with Gasteiger partial charge in [0.2, 0.25) is 5.60 Å². The van der Waals surface area contributed by atoms with Gasteiger partial charge in [-0.2, -0.15) is 0 Å². The van der Waals surface area contributed by atoms with Gasteiger partial charge in [-0.1, -0.05) is 62.0 Å². The zero-order valence-corrected chi connectivity index (χ0v) is 17.1. The molecule has 0 aliphatic rings. The van der Waals surface area contributed by atoms with Crippen molar-refractivity contribution < 1.29 is 19.5 Å². The Hall–Kier alpha value is -1.39. The number of benzene rings is 2. The summed E-state index contributed by atoms with van der Waals surface area (Å²) in [5.74, 6) is 0.432. The lowest BCUT2D eigenvalue weighted by Crippen LogP contribution is -2.44. The molecule has 0 aliphatic carbocycles. The number of ether oxygens (including phenoxy) is 1. The van der Waals surface area contributed by atoms with Gasteiger partial charge in [-0.05, 0) is 36.1 Å². The van der Waals surface area contributed by atoms with Crippen LogP contribution in [-0.4, -0.2) is 34.6 Å². The van der Waals surface area contributed by atoms with E-state index < -0.39 is 19.3 Å². The summed E-state index contributed by atoms with van der Waals surface area (Å²) in [6.07, 6.45) is 0.302. The summed E-state index contributed by atoms with van der Waals surface area (Å²) in [6.45, 7) is 5.88. The molecule has 4 nitrogen and oxygen atoms in total. The maximum absolute atomic E-state index is 12.7. The average Bonchev–Trinajstić information content (AvgIpc) is 2.59. The van der Waals surface area contributed by atoms with Crippen molar-refractivity contribution in [1.82, 2.24) is 0 Å². The average molecular weight is 392 g/mol. The highest BCUT2D eigenvalue weighted by Gasteiger charge is 2.41. The van der Waals surface area contributed by atoms with Crippen LogP contribution in [0.5, 0.6) is 0 Å². The predicted molar refractivity (Wildman–Crippen MR) is 109 cm³/mol. The Morgan fingerprint density at radius 1 is 1.31 bits per heavy atom. The van der Waals surface area contributed by atoms with E-state index in [0.29, 0.717) is 11.9 Å². The predicted octanol–water partition coefficient (Wildman–Crippen LogP) is 4.35. The minimum absolute atomic E-state index is 0.114. The van der Waals surface area contributed by atoms with E-state index in [0.717, 1.165) is 15.7 Å². The molecule has 0 saturated heterocycles. The molecule has 0 fully saturated rings. The van der Waals surface area contributed by atoms with Gasteiger partial charge in [0.1, 0.15) is 5.80 Å². The number of hydrogen-bond donors (Lipinski definition) is 1. The Labute approximate surface area is 160 Å². The third-order valence-electron chi connectivity index (χ3n) is 3.92. The van der Waals surface area contributed by atoms with Gasteiger partial charge in [0.25, 0.3) is 0 Å². The fourth-order valence-corrected chi connectivity index (χ4v) is 5.58. The highest BCUT2D eigenvalue weighted by atomic mass is 32.2. The number of rotatable bonds is 9. The van der Waals surface area contributed by atoms with E-state index in [4.69, 9.17) is 4.74 Å². The topological polar surface area (TPSA) is 69.6 Å². The minimum atomic E-state index is -1.84. The van der Waals surface area contributed by atoms with Crippen LogP contribution < -0.4 is 4.89 Å². The lowest BCUT2D eigenvalue weighted by Gasteiger charge is -2.26. The van der Waals surface area contributed by atoms with Crippen molar-refractivity contribution in [1.29, 1.82) is 0 Å². The molecule has 0 amide bonds. The first-order valence-corrected chi connectivity index (χ1v) is 11.2. The fourth-order valence-electron chi connectivity index (χ4n) is 2.94. The third-order valence-corrected chi connectivity index (χ3v) is 6.83. The Bertz CT molecular complexity index is 785. The van der Waals surface area contributed by atoms with E-state index in [1.807, 2.05) is 56.3 Å². The number of aliphatic carboxylic acids is 1. The summed E-state index contributed by atoms with van der Waals surface area (Å²) >= 11 is 1.48. The summed E-state index contributed by atoms with van der Waals surface area (Å²) in [7, 11) is -1.84. The molecule has 26 heavy (non-hydrogen) atoms. The van der Waals surface area contributed by atoms with Crippen molar-refractivity contribution >= 4 is 42.1 Å². The van der Waals surface area contributed by atoms with Gasteiger partial charge in [-0.15, -0.1) is 0 Å². The van der Waals surface area contributed by atoms with E-state index in [9.17, 15) is 14.8 Å². The van der Waals surface area contributed by atoms with Gasteiger partial charge in [0, 0.05) is 11.5 Å². The molecule has 1 N–H and O–H groups in total. The number of thioether (sulfide) groups is 1. The van der Waals surface area contributed by atoms with Crippen LogP contribution in [0.15, 0.2) is 47.4 Å². The maximum Gasteiger partial charge on any atom is 0.344 e. The standard InChI is InChI=1S/C20H25O4PS/c1-4-24-20(19(21)22,12-15(2)3)13-25(23)14-26-18-11-7-9-16-8-5-6-10-17(16)18/h5-11,13,15H,4,12,14H2,1-3H3,(H,21,22). The first-order chi connectivity index (χ1) is 12.4. The van der Waals surface area contributed by atoms with E-state index in [2.05, 4.69) is 0 Å². The van der Waals surface area contributed by atoms with Crippen molar-refractivity contribution in [2.45, 2.75) is 37.7 Å². The second-order valence-corrected chi connectivity index (χ2v) is 9.38. The molecule has 0 bridgehead atoms. The molecule has 2 rings (SSSR count). The van der Waals surface area contributed by atoms with Crippen LogP contribution in [0.25, 0.3) is 10.8 Å². The number of fused-ring (bicyclic) bond motifs is 1. The summed E-state index contributed by atoms with van der Waals surface area (Å²) < 4.78 is 5.55. The molecular formula is C20H25O4PS. The summed E-state index contributed by atoms with van der Waals surface area (Å²) in [5, 5.41) is 11.9. The highest BCUT2D eigenvalue weighted by molar-refractivity contribution is 8.04. The van der Waals surface area contributed by atoms with Crippen LogP contribution in [0.2, 0.25) is 0 Å². The first-order valence-electron chi connectivity index (χ1n) is 8.65. The summed E-state index contributed by atoms with van der Waals surface area (Å²) in [5.41, 5.74) is -1.17. The molecule has 2 atom stereocenters. The van der Waals surface area contributed by atoms with Crippen LogP contribution in [-0.2, 0) is 9.53 Å². The molecule has 2 aromatic carbocycles. The number of hydrogen-bond acceptors (Lipinski definition) is 4. The fraction of sp³-hybridized carbons (Fsp3) is 0.400. The van der Waals surface area contributed by atoms with Gasteiger partial charge >= 0.3 is 5.97 Å². The maximum atomic E-state index is 12.7. The van der Waals surface area contributed by atoms with E-state index >= 15 is 0 Å². The van der Waals surface area contributed by atoms with Crippen LogP contribution in [0.4, 0.5) is 0 Å². The van der Waals surface area contributed by atoms with Gasteiger partial charge < -0.3 is 14.7 Å². The molecule has 140 valence electrons. The van der Waals surface area contributed by atoms with Crippen molar-refractivity contribution in [2.75, 3.05) is 12.1 Å². The van der Waals surface area contributed by atoms with Crippen LogP contribution in [0.1, 0.15) is 27.2 Å². The second-order valence-electron chi connectivity index (χ2n) is 6.52. The van der Waals surface area contributed by atoms with Crippen molar-refractivity contribution in [3.63, 3.8) is 0 Å². The molecule has 2 aromatic rings. The third kappa shape index (κ3) is 5.31. The normalized spacial score (nSPS) is 14.6. The molecule has 0 radical (unpaired) electrons. The number of carbonyl (C=O) groups is 1. The molecule has 6 heteroatoms. The lowest BCUT2D eigenvalue weighted by molar-refractivity contribution is -0.159. The van der Waals surface area contributed by atoms with Crippen molar-refractivity contribution in [3.8, 4) is 0 Å². The first kappa shape index (κ1) is 20.9. The van der Waals surface area contributed by atoms with Crippen molar-refractivity contribution in [3.05, 3.63) is 42.5 Å². The van der Waals surface area contributed by atoms with Crippen molar-refractivity contribution in [2.24, 2.45) is 5.92 Å². The Morgan fingerprint density at radius 3 is 2.65 bits per heavy atom. The van der Waals surface area contributed by atoms with E-state index in [-0.39, 0.29) is 12.5 Å². The minimum Gasteiger partial charge on any atom is -0.630 e. The Kier molecular flexibility index (Phi) is 7.66. The van der Waals surface area contributed by atoms with Crippen LogP contribution in [0, 0.1) is 5.92 Å². The van der Waals surface area contributed by atoms with E-state index in [1.165, 1.54) is 17.6 Å². The van der Waals surface area contributed by atoms with Gasteiger partial charge in [-0.3, -0.25) is 0 Å². The monoisotopic (exact) mass is 392 g/mol. The van der Waals surface area contributed by atoms with Gasteiger partial charge in [0.05, 0.1) is 7.77 Å². The second kappa shape index (κ2) is 9.52. The van der Waals surface area contributed by atoms with Crippen LogP contribution in [0.3, 0.4) is 0 Å². The lowest BCUT2D eigenvalue weighted by atomic mass is 9.94. The molecule has 2 unspecified atom stereocenters. The molecule has 0 spiro atoms. The zero-order valence-electron chi connectivity index (χ0n) is 15.3. The van der Waals surface area contributed by atoms with Crippen LogP contribution >= 0.6 is 19.5 Å². The SMILES string of the molecule is CCOC(C=[P+]([O-])CSc1cccc2ccccc12)(CC(C)C)C(=O)O. The van der Waals surface area contributed by atoms with Gasteiger partial charge in [-0.25, -0.2) is 4.79 Å². The largest absolute Gasteiger partial charge is 0.630 e. The Balaban J connectivity index is 2.22. The number of carboxylic acids is 1. The highest BCUT2D eigenvalue weighted by Crippen LogP contribution is 2.34. The molecule has 0 heterocycles. The quantitative estimate of drug-likeness (QED) is 0.507. The molecule has 0 aliphatic heterocycles. The number of carboxylic acid groups (broad SMARTS) is 1. The molecule has 0 aromatic heterocycles. The van der Waals surface area contributed by atoms with Gasteiger partial charge in [0.15, 0.2) is 5.49 Å². The molecular weight excluding hydrogens is 367 g/mol. The summed E-state index contributed by atoms with van der Waals surface area (Å²) in [6, 6.07) is 14.1. The summed E-state index contributed by atoms with van der Waals surface area (Å²) in [4.78, 5) is 25.5. The molecule has 0 saturated carbocycles.